The molecule has 1 aliphatic heterocycles. The van der Waals surface area contributed by atoms with E-state index < -0.39 is 22.0 Å². The molecule has 0 aliphatic carbocycles. The van der Waals surface area contributed by atoms with E-state index in [0.29, 0.717) is 25.9 Å². The van der Waals surface area contributed by atoms with E-state index in [9.17, 15) is 13.2 Å². The number of sulfonamides is 1. The minimum Gasteiger partial charge on any atom is -0.480 e. The van der Waals surface area contributed by atoms with Crippen LogP contribution in [0.2, 0.25) is 0 Å². The Morgan fingerprint density at radius 2 is 2.06 bits per heavy atom. The third-order valence-corrected chi connectivity index (χ3v) is 4.29. The van der Waals surface area contributed by atoms with Crippen LogP contribution in [-0.2, 0) is 19.6 Å². The Morgan fingerprint density at radius 1 is 1.50 bits per heavy atom. The molecule has 18 heavy (non-hydrogen) atoms. The Kier molecular flexibility index (Phi) is 5.51. The molecule has 1 saturated heterocycles. The molecule has 106 valence electrons. The highest BCUT2D eigenvalue weighted by Crippen LogP contribution is 2.13. The highest BCUT2D eigenvalue weighted by atomic mass is 32.2. The van der Waals surface area contributed by atoms with Crippen molar-refractivity contribution >= 4 is 16.0 Å². The predicted octanol–water partition coefficient (Wildman–Crippen LogP) is -0.900. The van der Waals surface area contributed by atoms with Gasteiger partial charge in [0.05, 0.1) is 12.9 Å². The lowest BCUT2D eigenvalue weighted by molar-refractivity contribution is -0.141. The van der Waals surface area contributed by atoms with Gasteiger partial charge >= 0.3 is 5.97 Å². The van der Waals surface area contributed by atoms with Crippen molar-refractivity contribution in [3.63, 3.8) is 0 Å². The number of nitrogens with zero attached hydrogens (tertiary/aromatic N) is 1. The molecule has 1 fully saturated rings. The number of carboxylic acid groups (broad SMARTS) is 1. The molecule has 0 saturated carbocycles. The van der Waals surface area contributed by atoms with Crippen molar-refractivity contribution in [3.8, 4) is 0 Å². The van der Waals surface area contributed by atoms with Crippen molar-refractivity contribution in [3.05, 3.63) is 0 Å². The first-order valence-corrected chi connectivity index (χ1v) is 7.62. The summed E-state index contributed by atoms with van der Waals surface area (Å²) in [6.07, 6.45) is 2.41. The zero-order valence-electron chi connectivity index (χ0n) is 10.6. The fourth-order valence-electron chi connectivity index (χ4n) is 2.00. The molecule has 8 heteroatoms. The van der Waals surface area contributed by atoms with Gasteiger partial charge in [-0.1, -0.05) is 0 Å². The summed E-state index contributed by atoms with van der Waals surface area (Å²) in [6, 6.07) is -0.732. The van der Waals surface area contributed by atoms with Crippen LogP contribution in [0.25, 0.3) is 0 Å². The summed E-state index contributed by atoms with van der Waals surface area (Å²) in [7, 11) is -1.69. The summed E-state index contributed by atoms with van der Waals surface area (Å²) in [5.74, 6) is -0.956. The predicted molar refractivity (Wildman–Crippen MR) is 65.9 cm³/mol. The molecule has 0 spiro atoms. The summed E-state index contributed by atoms with van der Waals surface area (Å²) >= 11 is 0. The van der Waals surface area contributed by atoms with E-state index in [4.69, 9.17) is 9.84 Å². The molecular weight excluding hydrogens is 260 g/mol. The smallest absolute Gasteiger partial charge is 0.323 e. The van der Waals surface area contributed by atoms with E-state index in [0.717, 1.165) is 0 Å². The molecule has 1 aliphatic rings. The average molecular weight is 280 g/mol. The Hall–Kier alpha value is -0.700. The number of carbonyl (C=O) groups is 1. The van der Waals surface area contributed by atoms with Crippen molar-refractivity contribution in [1.29, 1.82) is 0 Å². The van der Waals surface area contributed by atoms with Crippen molar-refractivity contribution in [2.45, 2.75) is 24.9 Å². The summed E-state index contributed by atoms with van der Waals surface area (Å²) in [5.41, 5.74) is 0. The van der Waals surface area contributed by atoms with E-state index in [2.05, 4.69) is 5.32 Å². The Balaban J connectivity index is 2.45. The maximum absolute atomic E-state index is 11.3. The summed E-state index contributed by atoms with van der Waals surface area (Å²) in [6.45, 7) is 0.952. The summed E-state index contributed by atoms with van der Waals surface area (Å²) in [5, 5.41) is 11.9. The van der Waals surface area contributed by atoms with Gasteiger partial charge in [0, 0.05) is 26.2 Å². The zero-order chi connectivity index (χ0) is 13.8. The van der Waals surface area contributed by atoms with Gasteiger partial charge < -0.3 is 9.84 Å². The number of hydrogen-bond donors (Lipinski definition) is 2. The van der Waals surface area contributed by atoms with E-state index in [1.165, 1.54) is 17.7 Å². The van der Waals surface area contributed by atoms with Crippen LogP contribution in [0, 0.1) is 0 Å². The van der Waals surface area contributed by atoms with Gasteiger partial charge in [-0.3, -0.25) is 10.1 Å². The van der Waals surface area contributed by atoms with Crippen LogP contribution in [0.4, 0.5) is 0 Å². The Morgan fingerprint density at radius 3 is 2.44 bits per heavy atom. The van der Waals surface area contributed by atoms with Gasteiger partial charge in [0.2, 0.25) is 10.0 Å². The van der Waals surface area contributed by atoms with Gasteiger partial charge in [0.15, 0.2) is 0 Å². The maximum Gasteiger partial charge on any atom is 0.323 e. The monoisotopic (exact) mass is 280 g/mol. The molecule has 0 aromatic heterocycles. The topological polar surface area (TPSA) is 95.9 Å². The third-order valence-electron chi connectivity index (χ3n) is 2.99. The first kappa shape index (κ1) is 15.4. The second kappa shape index (κ2) is 6.46. The number of hydrogen-bond acceptors (Lipinski definition) is 5. The lowest BCUT2D eigenvalue weighted by Crippen LogP contribution is -2.51. The SMILES string of the molecule is COCC(NC1CCN(S(C)(=O)=O)CC1)C(=O)O. The second-order valence-electron chi connectivity index (χ2n) is 4.45. The van der Waals surface area contributed by atoms with E-state index in [1.54, 1.807) is 0 Å². The molecule has 0 aromatic carbocycles. The number of nitrogens with one attached hydrogen (secondary N) is 1. The van der Waals surface area contributed by atoms with Gasteiger partial charge in [0.25, 0.3) is 0 Å². The van der Waals surface area contributed by atoms with E-state index in [1.807, 2.05) is 0 Å². The Labute approximate surface area is 107 Å². The second-order valence-corrected chi connectivity index (χ2v) is 6.43. The quantitative estimate of drug-likeness (QED) is 0.654. The molecule has 0 radical (unpaired) electrons. The fraction of sp³-hybridized carbons (Fsp3) is 0.900. The van der Waals surface area contributed by atoms with Gasteiger partial charge in [0.1, 0.15) is 6.04 Å². The zero-order valence-corrected chi connectivity index (χ0v) is 11.4. The number of piperidine rings is 1. The Bertz CT molecular complexity index is 376. The largest absolute Gasteiger partial charge is 0.480 e. The number of aliphatic carboxylic acids is 1. The molecular formula is C10H20N2O5S. The van der Waals surface area contributed by atoms with Crippen molar-refractivity contribution < 1.29 is 23.1 Å². The van der Waals surface area contributed by atoms with Crippen LogP contribution >= 0.6 is 0 Å². The van der Waals surface area contributed by atoms with E-state index in [-0.39, 0.29) is 12.6 Å². The van der Waals surface area contributed by atoms with E-state index >= 15 is 0 Å². The van der Waals surface area contributed by atoms with Gasteiger partial charge in [-0.15, -0.1) is 0 Å². The molecule has 0 amide bonds. The average Bonchev–Trinajstić information content (AvgIpc) is 2.28. The molecule has 1 heterocycles. The van der Waals surface area contributed by atoms with Gasteiger partial charge in [-0.05, 0) is 12.8 Å². The molecule has 7 nitrogen and oxygen atoms in total. The first-order chi connectivity index (χ1) is 8.34. The lowest BCUT2D eigenvalue weighted by Gasteiger charge is -2.32. The summed E-state index contributed by atoms with van der Waals surface area (Å²) < 4.78 is 28.9. The highest BCUT2D eigenvalue weighted by molar-refractivity contribution is 7.88. The fourth-order valence-corrected chi connectivity index (χ4v) is 2.87. The number of ether oxygens (including phenoxy) is 1. The minimum absolute atomic E-state index is 0.0132. The highest BCUT2D eigenvalue weighted by Gasteiger charge is 2.28. The number of rotatable bonds is 6. The van der Waals surface area contributed by atoms with Gasteiger partial charge in [-0.25, -0.2) is 12.7 Å². The molecule has 1 atom stereocenters. The minimum atomic E-state index is -3.14. The summed E-state index contributed by atoms with van der Waals surface area (Å²) in [4.78, 5) is 10.9. The molecule has 0 bridgehead atoms. The molecule has 2 N–H and O–H groups in total. The van der Waals surface area contributed by atoms with Crippen LogP contribution < -0.4 is 5.32 Å². The third kappa shape index (κ3) is 4.52. The van der Waals surface area contributed by atoms with Crippen LogP contribution in [-0.4, -0.2) is 68.9 Å². The molecule has 0 aromatic rings. The number of methoxy groups -OCH3 is 1. The lowest BCUT2D eigenvalue weighted by atomic mass is 10.1. The van der Waals surface area contributed by atoms with Crippen LogP contribution in [0.1, 0.15) is 12.8 Å². The van der Waals surface area contributed by atoms with Crippen LogP contribution in [0.15, 0.2) is 0 Å². The van der Waals surface area contributed by atoms with Crippen LogP contribution in [0.3, 0.4) is 0 Å². The van der Waals surface area contributed by atoms with Crippen molar-refractivity contribution in [1.82, 2.24) is 9.62 Å². The van der Waals surface area contributed by atoms with Gasteiger partial charge in [-0.2, -0.15) is 0 Å². The molecule has 1 unspecified atom stereocenters. The first-order valence-electron chi connectivity index (χ1n) is 5.77. The molecule has 1 rings (SSSR count). The number of carboxylic acids is 1. The van der Waals surface area contributed by atoms with Crippen molar-refractivity contribution in [2.75, 3.05) is 33.1 Å². The normalized spacial score (nSPS) is 20.8. The van der Waals surface area contributed by atoms with Crippen LogP contribution in [0.5, 0.6) is 0 Å². The maximum atomic E-state index is 11.3. The van der Waals surface area contributed by atoms with Crippen molar-refractivity contribution in [2.24, 2.45) is 0 Å². The standard InChI is InChI=1S/C10H20N2O5S/c1-17-7-9(10(13)14)11-8-3-5-12(6-4-8)18(2,15)16/h8-9,11H,3-7H2,1-2H3,(H,13,14).